The van der Waals surface area contributed by atoms with Crippen molar-refractivity contribution in [3.05, 3.63) is 23.8 Å². The number of rotatable bonds is 2. The Kier molecular flexibility index (Phi) is 1.96. The molecule has 0 atom stereocenters. The van der Waals surface area contributed by atoms with Crippen molar-refractivity contribution in [1.82, 2.24) is 0 Å². The van der Waals surface area contributed by atoms with E-state index in [0.717, 1.165) is 0 Å². The third-order valence-electron chi connectivity index (χ3n) is 2.01. The molecule has 1 aliphatic heterocycles. The highest BCUT2D eigenvalue weighted by molar-refractivity contribution is 6.52. The van der Waals surface area contributed by atoms with Crippen molar-refractivity contribution in [2.45, 2.75) is 6.92 Å². The highest BCUT2D eigenvalue weighted by atomic mass is 16.5. The van der Waals surface area contributed by atoms with Crippen LogP contribution in [0.5, 0.6) is 5.75 Å². The molecule has 0 radical (unpaired) electrons. The monoisotopic (exact) mass is 191 g/mol. The number of carbonyl (C=O) groups is 2. The van der Waals surface area contributed by atoms with Crippen LogP contribution in [0.15, 0.2) is 18.2 Å². The molecule has 0 saturated carbocycles. The van der Waals surface area contributed by atoms with Crippen LogP contribution in [0.4, 0.5) is 5.69 Å². The maximum atomic E-state index is 11.4. The van der Waals surface area contributed by atoms with Gasteiger partial charge in [0.15, 0.2) is 0 Å². The van der Waals surface area contributed by atoms with E-state index in [4.69, 9.17) is 4.74 Å². The number of Topliss-reactive ketones (excluding diaryl/α,β-unsaturated/α-hetero) is 1. The molecule has 1 N–H and O–H groups in total. The van der Waals surface area contributed by atoms with Crippen LogP contribution in [-0.4, -0.2) is 18.3 Å². The first-order valence-electron chi connectivity index (χ1n) is 4.35. The molecule has 0 bridgehead atoms. The summed E-state index contributed by atoms with van der Waals surface area (Å²) in [6.07, 6.45) is 0. The lowest BCUT2D eigenvalue weighted by Crippen LogP contribution is -2.13. The van der Waals surface area contributed by atoms with Crippen molar-refractivity contribution >= 4 is 17.4 Å². The molecule has 1 aromatic carbocycles. The first-order chi connectivity index (χ1) is 6.74. The van der Waals surface area contributed by atoms with Gasteiger partial charge in [-0.15, -0.1) is 0 Å². The van der Waals surface area contributed by atoms with Gasteiger partial charge in [0.2, 0.25) is 0 Å². The second-order valence-electron chi connectivity index (χ2n) is 2.89. The summed E-state index contributed by atoms with van der Waals surface area (Å²) in [5.74, 6) is -0.649. The molecule has 0 aliphatic carbocycles. The fourth-order valence-electron chi connectivity index (χ4n) is 1.44. The SMILES string of the molecule is CCOc1cccc2c1C(=O)C(=O)N2. The quantitative estimate of drug-likeness (QED) is 0.715. The van der Waals surface area contributed by atoms with E-state index in [0.29, 0.717) is 23.6 Å². The average Bonchev–Trinajstić information content (AvgIpc) is 2.45. The van der Waals surface area contributed by atoms with E-state index in [1.54, 1.807) is 18.2 Å². The molecule has 0 fully saturated rings. The van der Waals surface area contributed by atoms with Gasteiger partial charge in [0, 0.05) is 0 Å². The zero-order chi connectivity index (χ0) is 10.1. The second-order valence-corrected chi connectivity index (χ2v) is 2.89. The molecule has 0 spiro atoms. The molecule has 0 unspecified atom stereocenters. The Hall–Kier alpha value is -1.84. The molecule has 1 heterocycles. The zero-order valence-corrected chi connectivity index (χ0v) is 7.66. The third kappa shape index (κ3) is 1.16. The molecular formula is C10H9NO3. The lowest BCUT2D eigenvalue weighted by molar-refractivity contribution is -0.112. The third-order valence-corrected chi connectivity index (χ3v) is 2.01. The number of ketones is 1. The Balaban J connectivity index is 2.52. The van der Waals surface area contributed by atoms with Crippen molar-refractivity contribution < 1.29 is 14.3 Å². The first kappa shape index (κ1) is 8.74. The molecule has 4 nitrogen and oxygen atoms in total. The molecule has 4 heteroatoms. The highest BCUT2D eigenvalue weighted by Gasteiger charge is 2.31. The highest BCUT2D eigenvalue weighted by Crippen LogP contribution is 2.31. The van der Waals surface area contributed by atoms with Crippen LogP contribution >= 0.6 is 0 Å². The van der Waals surface area contributed by atoms with Gasteiger partial charge < -0.3 is 10.1 Å². The predicted molar refractivity (Wildman–Crippen MR) is 50.6 cm³/mol. The van der Waals surface area contributed by atoms with E-state index in [2.05, 4.69) is 5.32 Å². The smallest absolute Gasteiger partial charge is 0.297 e. The number of anilines is 1. The number of hydrogen-bond acceptors (Lipinski definition) is 3. The fourth-order valence-corrected chi connectivity index (χ4v) is 1.44. The van der Waals surface area contributed by atoms with E-state index in [-0.39, 0.29) is 0 Å². The Morgan fingerprint density at radius 3 is 2.86 bits per heavy atom. The summed E-state index contributed by atoms with van der Waals surface area (Å²) in [6.45, 7) is 2.30. The summed E-state index contributed by atoms with van der Waals surface area (Å²) in [7, 11) is 0. The van der Waals surface area contributed by atoms with Crippen molar-refractivity contribution in [3.63, 3.8) is 0 Å². The zero-order valence-electron chi connectivity index (χ0n) is 7.66. The van der Waals surface area contributed by atoms with E-state index in [1.807, 2.05) is 6.92 Å². The Labute approximate surface area is 80.9 Å². The summed E-state index contributed by atoms with van der Waals surface area (Å²) in [5, 5.41) is 2.48. The Morgan fingerprint density at radius 1 is 1.36 bits per heavy atom. The van der Waals surface area contributed by atoms with Crippen LogP contribution in [-0.2, 0) is 4.79 Å². The molecule has 0 aromatic heterocycles. The summed E-state index contributed by atoms with van der Waals surface area (Å²) < 4.78 is 5.25. The Morgan fingerprint density at radius 2 is 2.14 bits per heavy atom. The van der Waals surface area contributed by atoms with Gasteiger partial charge in [-0.3, -0.25) is 9.59 Å². The second kappa shape index (κ2) is 3.14. The summed E-state index contributed by atoms with van der Waals surface area (Å²) >= 11 is 0. The van der Waals surface area contributed by atoms with Crippen LogP contribution in [0.3, 0.4) is 0 Å². The summed E-state index contributed by atoms with van der Waals surface area (Å²) in [4.78, 5) is 22.5. The number of ether oxygens (including phenoxy) is 1. The predicted octanol–water partition coefficient (Wildman–Crippen LogP) is 1.22. The number of benzene rings is 1. The maximum absolute atomic E-state index is 11.4. The van der Waals surface area contributed by atoms with Gasteiger partial charge in [0.1, 0.15) is 5.75 Å². The van der Waals surface area contributed by atoms with Gasteiger partial charge in [-0.05, 0) is 19.1 Å². The first-order valence-corrected chi connectivity index (χ1v) is 4.35. The number of carbonyl (C=O) groups excluding carboxylic acids is 2. The minimum absolute atomic E-state index is 0.347. The molecule has 1 amide bonds. The van der Waals surface area contributed by atoms with E-state index in [1.165, 1.54) is 0 Å². The molecule has 1 aliphatic rings. The van der Waals surface area contributed by atoms with Crippen LogP contribution in [0, 0.1) is 0 Å². The minimum atomic E-state index is -0.591. The number of fused-ring (bicyclic) bond motifs is 1. The molecule has 0 saturated heterocycles. The van der Waals surface area contributed by atoms with E-state index in [9.17, 15) is 9.59 Å². The van der Waals surface area contributed by atoms with Crippen molar-refractivity contribution in [1.29, 1.82) is 0 Å². The normalized spacial score (nSPS) is 13.8. The largest absolute Gasteiger partial charge is 0.493 e. The van der Waals surface area contributed by atoms with Gasteiger partial charge >= 0.3 is 0 Å². The average molecular weight is 191 g/mol. The molecule has 2 rings (SSSR count). The molecule has 14 heavy (non-hydrogen) atoms. The van der Waals surface area contributed by atoms with Gasteiger partial charge in [0.25, 0.3) is 11.7 Å². The fraction of sp³-hybridized carbons (Fsp3) is 0.200. The maximum Gasteiger partial charge on any atom is 0.297 e. The number of hydrogen-bond donors (Lipinski definition) is 1. The molecule has 72 valence electrons. The van der Waals surface area contributed by atoms with Gasteiger partial charge in [-0.25, -0.2) is 0 Å². The van der Waals surface area contributed by atoms with E-state index < -0.39 is 11.7 Å². The lowest BCUT2D eigenvalue weighted by Gasteiger charge is -2.05. The topological polar surface area (TPSA) is 55.4 Å². The van der Waals surface area contributed by atoms with Crippen LogP contribution < -0.4 is 10.1 Å². The van der Waals surface area contributed by atoms with Gasteiger partial charge in [0.05, 0.1) is 17.9 Å². The van der Waals surface area contributed by atoms with Crippen molar-refractivity contribution in [2.24, 2.45) is 0 Å². The van der Waals surface area contributed by atoms with E-state index >= 15 is 0 Å². The van der Waals surface area contributed by atoms with Crippen LogP contribution in [0.1, 0.15) is 17.3 Å². The van der Waals surface area contributed by atoms with Gasteiger partial charge in [-0.1, -0.05) is 6.07 Å². The standard InChI is InChI=1S/C10H9NO3/c1-2-14-7-5-3-4-6-8(7)9(12)10(13)11-6/h3-5H,2H2,1H3,(H,11,12,13). The Bertz CT molecular complexity index is 412. The van der Waals surface area contributed by atoms with Gasteiger partial charge in [-0.2, -0.15) is 0 Å². The van der Waals surface area contributed by atoms with Crippen molar-refractivity contribution in [2.75, 3.05) is 11.9 Å². The number of nitrogens with one attached hydrogen (secondary N) is 1. The van der Waals surface area contributed by atoms with Crippen molar-refractivity contribution in [3.8, 4) is 5.75 Å². The summed E-state index contributed by atoms with van der Waals surface area (Å²) in [5.41, 5.74) is 0.880. The number of amides is 1. The van der Waals surface area contributed by atoms with Crippen LogP contribution in [0.25, 0.3) is 0 Å². The molecular weight excluding hydrogens is 182 g/mol. The molecule has 1 aromatic rings. The lowest BCUT2D eigenvalue weighted by atomic mass is 10.1. The minimum Gasteiger partial charge on any atom is -0.493 e. The van der Waals surface area contributed by atoms with Crippen LogP contribution in [0.2, 0.25) is 0 Å². The summed E-state index contributed by atoms with van der Waals surface area (Å²) in [6, 6.07) is 5.10.